The number of ether oxygens (including phenoxy) is 1. The Hall–Kier alpha value is -1.06. The van der Waals surface area contributed by atoms with Gasteiger partial charge in [0.1, 0.15) is 5.75 Å². The fraction of sp³-hybridized carbons (Fsp3) is 0.538. The van der Waals surface area contributed by atoms with Crippen LogP contribution in [0.3, 0.4) is 0 Å². The highest BCUT2D eigenvalue weighted by atomic mass is 16.5. The van der Waals surface area contributed by atoms with Gasteiger partial charge in [-0.1, -0.05) is 24.6 Å². The van der Waals surface area contributed by atoms with Crippen LogP contribution in [0.25, 0.3) is 0 Å². The van der Waals surface area contributed by atoms with Gasteiger partial charge in [-0.3, -0.25) is 0 Å². The molecule has 1 aromatic carbocycles. The summed E-state index contributed by atoms with van der Waals surface area (Å²) in [5.74, 6) is 0.894. The van der Waals surface area contributed by atoms with E-state index in [1.165, 1.54) is 5.56 Å². The Balaban J connectivity index is 2.68. The molecule has 0 heterocycles. The van der Waals surface area contributed by atoms with E-state index in [-0.39, 0.29) is 12.6 Å². The number of aliphatic hydroxyl groups is 1. The van der Waals surface area contributed by atoms with Crippen LogP contribution in [0, 0.1) is 6.92 Å². The van der Waals surface area contributed by atoms with Crippen molar-refractivity contribution in [1.82, 2.24) is 5.32 Å². The van der Waals surface area contributed by atoms with Gasteiger partial charge in [0.25, 0.3) is 0 Å². The Morgan fingerprint density at radius 3 is 2.75 bits per heavy atom. The second kappa shape index (κ2) is 6.51. The molecule has 16 heavy (non-hydrogen) atoms. The molecule has 1 atom stereocenters. The van der Waals surface area contributed by atoms with Crippen LogP contribution in [0.4, 0.5) is 0 Å². The summed E-state index contributed by atoms with van der Waals surface area (Å²) < 4.78 is 5.30. The maximum Gasteiger partial charge on any atom is 0.123 e. The van der Waals surface area contributed by atoms with E-state index >= 15 is 0 Å². The zero-order valence-corrected chi connectivity index (χ0v) is 10.3. The van der Waals surface area contributed by atoms with Crippen LogP contribution in [-0.2, 0) is 6.54 Å². The molecule has 0 amide bonds. The van der Waals surface area contributed by atoms with E-state index < -0.39 is 0 Å². The van der Waals surface area contributed by atoms with Crippen LogP contribution in [0.15, 0.2) is 18.2 Å². The molecule has 1 aromatic rings. The smallest absolute Gasteiger partial charge is 0.123 e. The molecule has 0 saturated heterocycles. The van der Waals surface area contributed by atoms with Crippen LogP contribution < -0.4 is 10.1 Å². The van der Waals surface area contributed by atoms with Crippen molar-refractivity contribution in [3.05, 3.63) is 29.3 Å². The van der Waals surface area contributed by atoms with Gasteiger partial charge in [0.2, 0.25) is 0 Å². The summed E-state index contributed by atoms with van der Waals surface area (Å²) in [6, 6.07) is 6.28. The first-order valence-corrected chi connectivity index (χ1v) is 5.69. The maximum atomic E-state index is 9.09. The van der Waals surface area contributed by atoms with Crippen molar-refractivity contribution in [2.45, 2.75) is 32.9 Å². The van der Waals surface area contributed by atoms with Gasteiger partial charge < -0.3 is 15.2 Å². The first-order valence-electron chi connectivity index (χ1n) is 5.69. The van der Waals surface area contributed by atoms with Gasteiger partial charge in [-0.05, 0) is 19.4 Å². The predicted molar refractivity (Wildman–Crippen MR) is 65.7 cm³/mol. The number of rotatable bonds is 6. The average Bonchev–Trinajstić information content (AvgIpc) is 2.30. The van der Waals surface area contributed by atoms with E-state index in [1.807, 2.05) is 12.1 Å². The van der Waals surface area contributed by atoms with Gasteiger partial charge in [0.15, 0.2) is 0 Å². The van der Waals surface area contributed by atoms with Gasteiger partial charge in [-0.2, -0.15) is 0 Å². The summed E-state index contributed by atoms with van der Waals surface area (Å²) in [6.07, 6.45) is 0.921. The van der Waals surface area contributed by atoms with E-state index in [2.05, 4.69) is 25.2 Å². The number of aliphatic hydroxyl groups excluding tert-OH is 1. The summed E-state index contributed by atoms with van der Waals surface area (Å²) in [4.78, 5) is 0. The second-order valence-corrected chi connectivity index (χ2v) is 3.98. The Kier molecular flexibility index (Phi) is 5.29. The predicted octanol–water partition coefficient (Wildman–Crippen LogP) is 1.86. The number of hydrogen-bond donors (Lipinski definition) is 2. The lowest BCUT2D eigenvalue weighted by molar-refractivity contribution is 0.238. The monoisotopic (exact) mass is 223 g/mol. The number of hydrogen-bond acceptors (Lipinski definition) is 3. The fourth-order valence-electron chi connectivity index (χ4n) is 1.64. The number of benzene rings is 1. The first-order chi connectivity index (χ1) is 7.71. The van der Waals surface area contributed by atoms with Crippen molar-refractivity contribution in [3.8, 4) is 5.75 Å². The molecule has 0 aliphatic rings. The number of aryl methyl sites for hydroxylation is 1. The van der Waals surface area contributed by atoms with Gasteiger partial charge >= 0.3 is 0 Å². The summed E-state index contributed by atoms with van der Waals surface area (Å²) in [6.45, 7) is 5.02. The molecule has 2 N–H and O–H groups in total. The SMILES string of the molecule is CCC(CO)NCc1cc(C)ccc1OC. The van der Waals surface area contributed by atoms with Crippen molar-refractivity contribution in [2.24, 2.45) is 0 Å². The van der Waals surface area contributed by atoms with Crippen molar-refractivity contribution in [3.63, 3.8) is 0 Å². The molecular weight excluding hydrogens is 202 g/mol. The van der Waals surface area contributed by atoms with Gasteiger partial charge in [-0.25, -0.2) is 0 Å². The molecule has 1 unspecified atom stereocenters. The molecule has 90 valence electrons. The van der Waals surface area contributed by atoms with Crippen LogP contribution in [-0.4, -0.2) is 24.9 Å². The highest BCUT2D eigenvalue weighted by Gasteiger charge is 2.07. The van der Waals surface area contributed by atoms with E-state index in [0.717, 1.165) is 24.3 Å². The highest BCUT2D eigenvalue weighted by molar-refractivity contribution is 5.36. The number of nitrogens with one attached hydrogen (secondary N) is 1. The largest absolute Gasteiger partial charge is 0.496 e. The Morgan fingerprint density at radius 2 is 2.19 bits per heavy atom. The molecule has 0 radical (unpaired) electrons. The molecule has 0 aliphatic heterocycles. The molecular formula is C13H21NO2. The van der Waals surface area contributed by atoms with E-state index in [0.29, 0.717) is 0 Å². The highest BCUT2D eigenvalue weighted by Crippen LogP contribution is 2.19. The van der Waals surface area contributed by atoms with Crippen molar-refractivity contribution in [2.75, 3.05) is 13.7 Å². The summed E-state index contributed by atoms with van der Waals surface area (Å²) >= 11 is 0. The molecule has 1 rings (SSSR count). The lowest BCUT2D eigenvalue weighted by atomic mass is 10.1. The van der Waals surface area contributed by atoms with Crippen LogP contribution >= 0.6 is 0 Å². The van der Waals surface area contributed by atoms with E-state index in [9.17, 15) is 0 Å². The van der Waals surface area contributed by atoms with Gasteiger partial charge in [-0.15, -0.1) is 0 Å². The quantitative estimate of drug-likeness (QED) is 0.773. The minimum absolute atomic E-state index is 0.158. The summed E-state index contributed by atoms with van der Waals surface area (Å²) in [7, 11) is 1.68. The summed E-state index contributed by atoms with van der Waals surface area (Å²) in [5, 5.41) is 12.4. The molecule has 0 aromatic heterocycles. The molecule has 3 nitrogen and oxygen atoms in total. The average molecular weight is 223 g/mol. The normalized spacial score (nSPS) is 12.5. The standard InChI is InChI=1S/C13H21NO2/c1-4-12(9-15)14-8-11-7-10(2)5-6-13(11)16-3/h5-7,12,14-15H,4,8-9H2,1-3H3. The van der Waals surface area contributed by atoms with Crippen molar-refractivity contribution >= 4 is 0 Å². The van der Waals surface area contributed by atoms with Crippen LogP contribution in [0.1, 0.15) is 24.5 Å². The first kappa shape index (κ1) is 13.0. The zero-order chi connectivity index (χ0) is 12.0. The third kappa shape index (κ3) is 3.51. The Labute approximate surface area is 97.4 Å². The van der Waals surface area contributed by atoms with E-state index in [1.54, 1.807) is 7.11 Å². The topological polar surface area (TPSA) is 41.5 Å². The second-order valence-electron chi connectivity index (χ2n) is 3.98. The molecule has 0 fully saturated rings. The zero-order valence-electron chi connectivity index (χ0n) is 10.3. The van der Waals surface area contributed by atoms with Gasteiger partial charge in [0, 0.05) is 18.2 Å². The molecule has 0 spiro atoms. The van der Waals surface area contributed by atoms with Crippen LogP contribution in [0.5, 0.6) is 5.75 Å². The molecule has 0 aliphatic carbocycles. The minimum Gasteiger partial charge on any atom is -0.496 e. The fourth-order valence-corrected chi connectivity index (χ4v) is 1.64. The lowest BCUT2D eigenvalue weighted by Gasteiger charge is -2.16. The third-order valence-corrected chi connectivity index (χ3v) is 2.73. The molecule has 0 saturated carbocycles. The van der Waals surface area contributed by atoms with Crippen LogP contribution in [0.2, 0.25) is 0 Å². The maximum absolute atomic E-state index is 9.09. The minimum atomic E-state index is 0.158. The number of methoxy groups -OCH3 is 1. The lowest BCUT2D eigenvalue weighted by Crippen LogP contribution is -2.31. The molecule has 0 bridgehead atoms. The van der Waals surface area contributed by atoms with Crippen molar-refractivity contribution < 1.29 is 9.84 Å². The van der Waals surface area contributed by atoms with E-state index in [4.69, 9.17) is 9.84 Å². The molecule has 3 heteroatoms. The van der Waals surface area contributed by atoms with Gasteiger partial charge in [0.05, 0.1) is 13.7 Å². The Bertz CT molecular complexity index is 322. The van der Waals surface area contributed by atoms with Crippen molar-refractivity contribution in [1.29, 1.82) is 0 Å². The third-order valence-electron chi connectivity index (χ3n) is 2.73. The Morgan fingerprint density at radius 1 is 1.44 bits per heavy atom. The summed E-state index contributed by atoms with van der Waals surface area (Å²) in [5.41, 5.74) is 2.35.